The Morgan fingerprint density at radius 1 is 0.895 bits per heavy atom. The number of rotatable bonds is 1. The topological polar surface area (TPSA) is 3.24 Å². The normalized spacial score (nSPS) is 40.8. The smallest absolute Gasteiger partial charge is 0.0381 e. The van der Waals surface area contributed by atoms with Crippen LogP contribution in [0.1, 0.15) is 74.6 Å². The monoisotopic (exact) mass is 253 g/mol. The van der Waals surface area contributed by atoms with E-state index in [0.29, 0.717) is 5.54 Å². The van der Waals surface area contributed by atoms with Crippen molar-refractivity contribution < 1.29 is 0 Å². The molecule has 0 aromatic heterocycles. The van der Waals surface area contributed by atoms with Gasteiger partial charge in [-0.2, -0.15) is 0 Å². The van der Waals surface area contributed by atoms with Crippen LogP contribution in [0.5, 0.6) is 0 Å². The van der Waals surface area contributed by atoms with Crippen LogP contribution in [-0.2, 0) is 0 Å². The first kappa shape index (κ1) is 10.9. The van der Waals surface area contributed by atoms with Crippen molar-refractivity contribution in [3.05, 3.63) is 35.4 Å². The predicted octanol–water partition coefficient (Wildman–Crippen LogP) is 4.60. The summed E-state index contributed by atoms with van der Waals surface area (Å²) in [6.45, 7) is 0. The highest BCUT2D eigenvalue weighted by Crippen LogP contribution is 2.68. The second kappa shape index (κ2) is 3.63. The molecule has 3 atom stereocenters. The minimum atomic E-state index is 0.620. The van der Waals surface area contributed by atoms with Crippen LogP contribution in [0.4, 0.5) is 0 Å². The molecule has 100 valence electrons. The largest absolute Gasteiger partial charge is 0.283 e. The highest BCUT2D eigenvalue weighted by molar-refractivity contribution is 5.44. The molecule has 0 bridgehead atoms. The third-order valence-corrected chi connectivity index (χ3v) is 6.66. The van der Waals surface area contributed by atoms with Gasteiger partial charge in [-0.15, -0.1) is 0 Å². The van der Waals surface area contributed by atoms with Crippen LogP contribution in [0.25, 0.3) is 0 Å². The van der Waals surface area contributed by atoms with E-state index in [-0.39, 0.29) is 0 Å². The molecule has 1 heteroatoms. The first-order chi connectivity index (χ1) is 9.40. The van der Waals surface area contributed by atoms with Gasteiger partial charge < -0.3 is 0 Å². The Balaban J connectivity index is 1.53. The number of benzene rings is 1. The van der Waals surface area contributed by atoms with E-state index in [1.165, 1.54) is 51.4 Å². The molecule has 2 saturated heterocycles. The maximum absolute atomic E-state index is 2.95. The molecule has 1 saturated carbocycles. The Morgan fingerprint density at radius 3 is 2.42 bits per heavy atom. The second-order valence-corrected chi connectivity index (χ2v) is 7.25. The third-order valence-electron chi connectivity index (χ3n) is 6.66. The van der Waals surface area contributed by atoms with E-state index in [1.54, 1.807) is 11.1 Å². The lowest BCUT2D eigenvalue weighted by Gasteiger charge is -2.58. The van der Waals surface area contributed by atoms with Crippen LogP contribution in [0, 0.1) is 5.92 Å². The number of hydrogen-bond acceptors (Lipinski definition) is 1. The van der Waals surface area contributed by atoms with Crippen LogP contribution in [0.15, 0.2) is 24.3 Å². The van der Waals surface area contributed by atoms with Crippen molar-refractivity contribution in [1.29, 1.82) is 0 Å². The molecule has 1 aromatic rings. The average molecular weight is 253 g/mol. The molecule has 5 rings (SSSR count). The molecule has 1 aliphatic carbocycles. The fourth-order valence-electron chi connectivity index (χ4n) is 5.93. The van der Waals surface area contributed by atoms with Gasteiger partial charge in [0.15, 0.2) is 0 Å². The van der Waals surface area contributed by atoms with Gasteiger partial charge in [0, 0.05) is 17.6 Å². The van der Waals surface area contributed by atoms with Crippen molar-refractivity contribution in [3.8, 4) is 0 Å². The zero-order chi connectivity index (χ0) is 12.4. The van der Waals surface area contributed by atoms with Crippen molar-refractivity contribution in [2.45, 2.75) is 69.0 Å². The molecule has 3 unspecified atom stereocenters. The molecule has 3 fully saturated rings. The quantitative estimate of drug-likeness (QED) is 0.707. The molecule has 0 spiro atoms. The van der Waals surface area contributed by atoms with Gasteiger partial charge in [-0.1, -0.05) is 43.5 Å². The Bertz CT molecular complexity index is 516. The Kier molecular flexibility index (Phi) is 2.09. The summed E-state index contributed by atoms with van der Waals surface area (Å²) in [5.41, 5.74) is 3.95. The Hall–Kier alpha value is -0.820. The fraction of sp³-hybridized carbons (Fsp3) is 0.667. The van der Waals surface area contributed by atoms with E-state index in [9.17, 15) is 0 Å². The lowest BCUT2D eigenvalue weighted by atomic mass is 9.64. The molecule has 3 heterocycles. The lowest BCUT2D eigenvalue weighted by Crippen LogP contribution is -2.60. The number of fused-ring (bicyclic) bond motifs is 3. The van der Waals surface area contributed by atoms with Crippen LogP contribution in [0.3, 0.4) is 0 Å². The number of hydrogen-bond donors (Lipinski definition) is 0. The minimum Gasteiger partial charge on any atom is -0.283 e. The summed E-state index contributed by atoms with van der Waals surface area (Å²) in [5, 5.41) is 0. The molecular formula is C18H23N. The van der Waals surface area contributed by atoms with E-state index in [1.807, 2.05) is 0 Å². The highest BCUT2D eigenvalue weighted by atomic mass is 15.4. The van der Waals surface area contributed by atoms with Crippen molar-refractivity contribution >= 4 is 0 Å². The molecule has 1 nitrogen and oxygen atoms in total. The standard InChI is InChI=1S/C18H23N/c1-2-6-13(7-3-1)18-11-10-16-14-8-4-5-9-15(14)17(12-18)19(16)18/h4-5,8-9,13,16-17H,1-3,6-7,10-12H2. The maximum Gasteiger partial charge on any atom is 0.0381 e. The second-order valence-electron chi connectivity index (χ2n) is 7.25. The minimum absolute atomic E-state index is 0.620. The van der Waals surface area contributed by atoms with Crippen LogP contribution in [-0.4, -0.2) is 10.4 Å². The molecule has 19 heavy (non-hydrogen) atoms. The Labute approximate surface area is 116 Å². The van der Waals surface area contributed by atoms with E-state index >= 15 is 0 Å². The summed E-state index contributed by atoms with van der Waals surface area (Å²) in [7, 11) is 0. The molecular weight excluding hydrogens is 230 g/mol. The summed E-state index contributed by atoms with van der Waals surface area (Å²) in [6.07, 6.45) is 11.8. The zero-order valence-electron chi connectivity index (χ0n) is 11.6. The molecule has 1 aromatic carbocycles. The van der Waals surface area contributed by atoms with E-state index in [4.69, 9.17) is 0 Å². The Morgan fingerprint density at radius 2 is 1.63 bits per heavy atom. The van der Waals surface area contributed by atoms with Crippen LogP contribution >= 0.6 is 0 Å². The van der Waals surface area contributed by atoms with Crippen molar-refractivity contribution in [2.75, 3.05) is 0 Å². The van der Waals surface area contributed by atoms with Crippen molar-refractivity contribution in [1.82, 2.24) is 4.90 Å². The van der Waals surface area contributed by atoms with E-state index in [2.05, 4.69) is 29.2 Å². The van der Waals surface area contributed by atoms with Gasteiger partial charge in [0.25, 0.3) is 0 Å². The van der Waals surface area contributed by atoms with Gasteiger partial charge in [0.05, 0.1) is 0 Å². The van der Waals surface area contributed by atoms with Gasteiger partial charge >= 0.3 is 0 Å². The lowest BCUT2D eigenvalue weighted by molar-refractivity contribution is -0.0998. The summed E-state index contributed by atoms with van der Waals surface area (Å²) in [6, 6.07) is 10.8. The van der Waals surface area contributed by atoms with Crippen LogP contribution in [0.2, 0.25) is 0 Å². The van der Waals surface area contributed by atoms with Gasteiger partial charge in [0.2, 0.25) is 0 Å². The van der Waals surface area contributed by atoms with Gasteiger partial charge in [-0.3, -0.25) is 4.90 Å². The molecule has 0 amide bonds. The molecule has 0 N–H and O–H groups in total. The highest BCUT2D eigenvalue weighted by Gasteiger charge is 2.64. The number of nitrogens with zero attached hydrogens (tertiary/aromatic N) is 1. The van der Waals surface area contributed by atoms with Gasteiger partial charge in [-0.05, 0) is 49.1 Å². The maximum atomic E-state index is 2.95. The van der Waals surface area contributed by atoms with Crippen molar-refractivity contribution in [2.24, 2.45) is 5.92 Å². The summed E-state index contributed by atoms with van der Waals surface area (Å²) < 4.78 is 0. The van der Waals surface area contributed by atoms with Gasteiger partial charge in [-0.25, -0.2) is 0 Å². The van der Waals surface area contributed by atoms with E-state index < -0.39 is 0 Å². The predicted molar refractivity (Wildman–Crippen MR) is 76.9 cm³/mol. The molecule has 0 radical (unpaired) electrons. The third kappa shape index (κ3) is 1.21. The fourth-order valence-corrected chi connectivity index (χ4v) is 5.93. The summed E-state index contributed by atoms with van der Waals surface area (Å²) in [4.78, 5) is 2.95. The van der Waals surface area contributed by atoms with E-state index in [0.717, 1.165) is 18.0 Å². The van der Waals surface area contributed by atoms with Gasteiger partial charge in [0.1, 0.15) is 0 Å². The first-order valence-electron chi connectivity index (χ1n) is 8.27. The molecule has 4 aliphatic rings. The molecule has 3 aliphatic heterocycles. The average Bonchev–Trinajstić information content (AvgIpc) is 2.87. The zero-order valence-corrected chi connectivity index (χ0v) is 11.6. The van der Waals surface area contributed by atoms with Crippen LogP contribution < -0.4 is 0 Å². The van der Waals surface area contributed by atoms with Crippen molar-refractivity contribution in [3.63, 3.8) is 0 Å². The summed E-state index contributed by atoms with van der Waals surface area (Å²) in [5.74, 6) is 1.01. The first-order valence-corrected chi connectivity index (χ1v) is 8.27. The SMILES string of the molecule is c1ccc2c(c1)C1CCC3(C4CCCCC4)CC2N13. The summed E-state index contributed by atoms with van der Waals surface area (Å²) >= 11 is 0.